The standard InChI is InChI=1S/C9H11NOS/c1-2-7-3-4-8(12-7)5-6-9(10)11/h3-6H,2H2,1H3,(H2,10,11). The smallest absolute Gasteiger partial charge is 0.241 e. The van der Waals surface area contributed by atoms with E-state index in [-0.39, 0.29) is 0 Å². The summed E-state index contributed by atoms with van der Waals surface area (Å²) in [6.45, 7) is 2.10. The van der Waals surface area contributed by atoms with E-state index in [2.05, 4.69) is 13.0 Å². The zero-order chi connectivity index (χ0) is 8.97. The Hall–Kier alpha value is -1.09. The van der Waals surface area contributed by atoms with Gasteiger partial charge in [-0.2, -0.15) is 0 Å². The van der Waals surface area contributed by atoms with Crippen molar-refractivity contribution >= 4 is 23.3 Å². The first-order valence-electron chi connectivity index (χ1n) is 3.78. The second kappa shape index (κ2) is 4.07. The summed E-state index contributed by atoms with van der Waals surface area (Å²) in [4.78, 5) is 12.8. The number of carbonyl (C=O) groups excluding carboxylic acids is 1. The average Bonchev–Trinajstić information content (AvgIpc) is 2.48. The van der Waals surface area contributed by atoms with Gasteiger partial charge in [-0.15, -0.1) is 11.3 Å². The molecule has 1 aromatic rings. The molecule has 0 radical (unpaired) electrons. The monoisotopic (exact) mass is 181 g/mol. The van der Waals surface area contributed by atoms with E-state index in [0.717, 1.165) is 11.3 Å². The maximum absolute atomic E-state index is 10.4. The zero-order valence-electron chi connectivity index (χ0n) is 6.91. The fourth-order valence-corrected chi connectivity index (χ4v) is 1.69. The second-order valence-corrected chi connectivity index (χ2v) is 3.59. The van der Waals surface area contributed by atoms with Crippen molar-refractivity contribution in [2.24, 2.45) is 5.73 Å². The highest BCUT2D eigenvalue weighted by molar-refractivity contribution is 7.12. The van der Waals surface area contributed by atoms with Gasteiger partial charge < -0.3 is 5.73 Å². The first-order chi connectivity index (χ1) is 5.72. The van der Waals surface area contributed by atoms with Crippen LogP contribution in [0.3, 0.4) is 0 Å². The molecule has 12 heavy (non-hydrogen) atoms. The lowest BCUT2D eigenvalue weighted by atomic mass is 10.3. The van der Waals surface area contributed by atoms with E-state index in [0.29, 0.717) is 0 Å². The van der Waals surface area contributed by atoms with Crippen LogP contribution in [0.1, 0.15) is 16.7 Å². The Morgan fingerprint density at radius 1 is 1.67 bits per heavy atom. The third-order valence-electron chi connectivity index (χ3n) is 1.44. The van der Waals surface area contributed by atoms with Crippen LogP contribution in [0.2, 0.25) is 0 Å². The summed E-state index contributed by atoms with van der Waals surface area (Å²) >= 11 is 1.68. The molecule has 2 nitrogen and oxygen atoms in total. The molecule has 0 aliphatic heterocycles. The Morgan fingerprint density at radius 2 is 2.42 bits per heavy atom. The van der Waals surface area contributed by atoms with E-state index >= 15 is 0 Å². The first-order valence-corrected chi connectivity index (χ1v) is 4.60. The molecule has 3 heteroatoms. The molecule has 0 aliphatic carbocycles. The molecule has 1 heterocycles. The predicted molar refractivity (Wildman–Crippen MR) is 51.9 cm³/mol. The highest BCUT2D eigenvalue weighted by atomic mass is 32.1. The minimum Gasteiger partial charge on any atom is -0.366 e. The van der Waals surface area contributed by atoms with Crippen molar-refractivity contribution in [1.82, 2.24) is 0 Å². The van der Waals surface area contributed by atoms with Gasteiger partial charge in [0.2, 0.25) is 5.91 Å². The molecule has 0 fully saturated rings. The van der Waals surface area contributed by atoms with Gasteiger partial charge in [0.05, 0.1) is 0 Å². The number of primary amides is 1. The number of amides is 1. The lowest BCUT2D eigenvalue weighted by molar-refractivity contribution is -0.113. The lowest BCUT2D eigenvalue weighted by Gasteiger charge is -1.83. The van der Waals surface area contributed by atoms with Gasteiger partial charge in [0, 0.05) is 15.8 Å². The lowest BCUT2D eigenvalue weighted by Crippen LogP contribution is -2.04. The summed E-state index contributed by atoms with van der Waals surface area (Å²) in [6, 6.07) is 4.05. The molecule has 0 atom stereocenters. The summed E-state index contributed by atoms with van der Waals surface area (Å²) in [5, 5.41) is 0. The molecule has 0 saturated heterocycles. The summed E-state index contributed by atoms with van der Waals surface area (Å²) in [6.07, 6.45) is 4.16. The van der Waals surface area contributed by atoms with E-state index in [1.165, 1.54) is 11.0 Å². The van der Waals surface area contributed by atoms with Gasteiger partial charge in [0.15, 0.2) is 0 Å². The summed E-state index contributed by atoms with van der Waals surface area (Å²) < 4.78 is 0. The van der Waals surface area contributed by atoms with Crippen molar-refractivity contribution in [3.8, 4) is 0 Å². The van der Waals surface area contributed by atoms with Gasteiger partial charge in [-0.1, -0.05) is 6.92 Å². The fourth-order valence-electron chi connectivity index (χ4n) is 0.838. The molecule has 1 aromatic heterocycles. The number of hydrogen-bond acceptors (Lipinski definition) is 2. The molecule has 0 saturated carbocycles. The Kier molecular flexibility index (Phi) is 3.05. The number of thiophene rings is 1. The molecular formula is C9H11NOS. The van der Waals surface area contributed by atoms with Crippen LogP contribution < -0.4 is 5.73 Å². The second-order valence-electron chi connectivity index (χ2n) is 2.39. The molecular weight excluding hydrogens is 170 g/mol. The molecule has 0 aliphatic rings. The molecule has 1 rings (SSSR count). The quantitative estimate of drug-likeness (QED) is 0.710. The summed E-state index contributed by atoms with van der Waals surface area (Å²) in [7, 11) is 0. The van der Waals surface area contributed by atoms with Crippen molar-refractivity contribution in [3.63, 3.8) is 0 Å². The fraction of sp³-hybridized carbons (Fsp3) is 0.222. The third-order valence-corrected chi connectivity index (χ3v) is 2.64. The van der Waals surface area contributed by atoms with Crippen LogP contribution in [-0.4, -0.2) is 5.91 Å². The summed E-state index contributed by atoms with van der Waals surface area (Å²) in [5.41, 5.74) is 4.96. The zero-order valence-corrected chi connectivity index (χ0v) is 7.73. The maximum Gasteiger partial charge on any atom is 0.241 e. The van der Waals surface area contributed by atoms with E-state index in [1.807, 2.05) is 6.07 Å². The number of carbonyl (C=O) groups is 1. The number of aryl methyl sites for hydroxylation is 1. The van der Waals surface area contributed by atoms with Crippen molar-refractivity contribution in [3.05, 3.63) is 28.0 Å². The van der Waals surface area contributed by atoms with Crippen molar-refractivity contribution < 1.29 is 4.79 Å². The van der Waals surface area contributed by atoms with Crippen LogP contribution >= 0.6 is 11.3 Å². The molecule has 0 unspecified atom stereocenters. The van der Waals surface area contributed by atoms with Gasteiger partial charge >= 0.3 is 0 Å². The average molecular weight is 181 g/mol. The normalized spacial score (nSPS) is 10.8. The highest BCUT2D eigenvalue weighted by Crippen LogP contribution is 2.17. The van der Waals surface area contributed by atoms with Crippen molar-refractivity contribution in [2.45, 2.75) is 13.3 Å². The molecule has 0 bridgehead atoms. The van der Waals surface area contributed by atoms with E-state index in [9.17, 15) is 4.79 Å². The molecule has 2 N–H and O–H groups in total. The Balaban J connectivity index is 2.70. The van der Waals surface area contributed by atoms with Crippen molar-refractivity contribution in [2.75, 3.05) is 0 Å². The molecule has 0 aromatic carbocycles. The Bertz CT molecular complexity index is 301. The van der Waals surface area contributed by atoms with E-state index < -0.39 is 5.91 Å². The van der Waals surface area contributed by atoms with Gasteiger partial charge in [-0.3, -0.25) is 4.79 Å². The maximum atomic E-state index is 10.4. The number of hydrogen-bond donors (Lipinski definition) is 1. The van der Waals surface area contributed by atoms with Crippen LogP contribution in [0.25, 0.3) is 6.08 Å². The van der Waals surface area contributed by atoms with Gasteiger partial charge in [-0.25, -0.2) is 0 Å². The van der Waals surface area contributed by atoms with Gasteiger partial charge in [0.25, 0.3) is 0 Å². The molecule has 64 valence electrons. The van der Waals surface area contributed by atoms with Crippen molar-refractivity contribution in [1.29, 1.82) is 0 Å². The van der Waals surface area contributed by atoms with Gasteiger partial charge in [-0.05, 0) is 24.6 Å². The Morgan fingerprint density at radius 3 is 2.92 bits per heavy atom. The van der Waals surface area contributed by atoms with Crippen LogP contribution in [0.5, 0.6) is 0 Å². The first kappa shape index (κ1) is 9.00. The summed E-state index contributed by atoms with van der Waals surface area (Å²) in [5.74, 6) is -0.401. The third kappa shape index (κ3) is 2.51. The number of nitrogens with two attached hydrogens (primary N) is 1. The Labute approximate surface area is 75.7 Å². The number of rotatable bonds is 3. The highest BCUT2D eigenvalue weighted by Gasteiger charge is 1.94. The molecule has 0 spiro atoms. The van der Waals surface area contributed by atoms with E-state index in [1.54, 1.807) is 17.4 Å². The van der Waals surface area contributed by atoms with Crippen LogP contribution in [0.4, 0.5) is 0 Å². The minimum absolute atomic E-state index is 0.401. The minimum atomic E-state index is -0.401. The van der Waals surface area contributed by atoms with Crippen LogP contribution in [0.15, 0.2) is 18.2 Å². The largest absolute Gasteiger partial charge is 0.366 e. The van der Waals surface area contributed by atoms with Crippen LogP contribution in [0, 0.1) is 0 Å². The van der Waals surface area contributed by atoms with Crippen LogP contribution in [-0.2, 0) is 11.2 Å². The topological polar surface area (TPSA) is 43.1 Å². The molecule has 1 amide bonds. The predicted octanol–water partition coefficient (Wildman–Crippen LogP) is 1.81. The van der Waals surface area contributed by atoms with Gasteiger partial charge in [0.1, 0.15) is 0 Å². The SMILES string of the molecule is CCc1ccc(C=CC(N)=O)s1. The van der Waals surface area contributed by atoms with E-state index in [4.69, 9.17) is 5.73 Å².